The number of aromatic nitrogens is 1. The molecule has 1 heterocycles. The van der Waals surface area contributed by atoms with Crippen LogP contribution in [-0.4, -0.2) is 59.2 Å². The number of amides is 1. The van der Waals surface area contributed by atoms with Crippen molar-refractivity contribution in [2.45, 2.75) is 186 Å². The molecule has 3 fully saturated rings. The van der Waals surface area contributed by atoms with Gasteiger partial charge in [0.25, 0.3) is 5.91 Å². The summed E-state index contributed by atoms with van der Waals surface area (Å²) in [5.41, 5.74) is 11.5. The summed E-state index contributed by atoms with van der Waals surface area (Å²) in [6.45, 7) is 19.4. The normalized spacial score (nSPS) is 15.6. The van der Waals surface area contributed by atoms with E-state index in [0.29, 0.717) is 27.8 Å². The fourth-order valence-corrected chi connectivity index (χ4v) is 12.0. The molecule has 3 aliphatic rings. The Morgan fingerprint density at radius 2 is 1.09 bits per heavy atom. The first-order valence-electron chi connectivity index (χ1n) is 28.7. The zero-order valence-corrected chi connectivity index (χ0v) is 60.5. The molecule has 468 valence electrons. The van der Waals surface area contributed by atoms with Crippen molar-refractivity contribution >= 4 is 130 Å². The van der Waals surface area contributed by atoms with Gasteiger partial charge in [-0.15, -0.1) is 36.4 Å². The van der Waals surface area contributed by atoms with Gasteiger partial charge in [-0.25, -0.2) is 14.4 Å². The van der Waals surface area contributed by atoms with Gasteiger partial charge in [0.15, 0.2) is 0 Å². The Labute approximate surface area is 566 Å². The van der Waals surface area contributed by atoms with Crippen LogP contribution >= 0.6 is 100 Å². The number of carbonyl (C=O) groups excluding carboxylic acids is 4. The van der Waals surface area contributed by atoms with Crippen LogP contribution in [0.25, 0.3) is 17.2 Å². The molecule has 0 saturated heterocycles. The van der Waals surface area contributed by atoms with E-state index in [1.54, 1.807) is 66.8 Å². The first kappa shape index (κ1) is 76.0. The molecule has 0 spiro atoms. The number of nitrogens with one attached hydrogen (secondary N) is 1. The average Bonchev–Trinajstić information content (AvgIpc) is 2.96. The number of pyridine rings is 1. The monoisotopic (exact) mass is 1570 g/mol. The summed E-state index contributed by atoms with van der Waals surface area (Å²) in [5.74, 6) is -0.753. The zero-order chi connectivity index (χ0) is 61.9. The second-order valence-electron chi connectivity index (χ2n) is 24.4. The van der Waals surface area contributed by atoms with Gasteiger partial charge in [0.2, 0.25) is 0 Å². The molecule has 3 saturated carbocycles. The minimum atomic E-state index is -1.06. The van der Waals surface area contributed by atoms with E-state index >= 15 is 0 Å². The van der Waals surface area contributed by atoms with Crippen molar-refractivity contribution in [3.05, 3.63) is 161 Å². The van der Waals surface area contributed by atoms with Crippen molar-refractivity contribution < 1.29 is 42.9 Å². The standard InChI is InChI=1S/C29H25Br2N3O3.C17H25BrO.C11H14BrN.C10H18O5.ClH.HI/c1-2-37-28(36)21-7-5-19(6-8-21)20-9-11-23(12-10-20)29(13-3-4-14-29)34-27(35)22(17-32)15-26-25(31)16-24(30)18-33-26;1-16(2,3)19-13-12-17(10-4-5-11-17)14-6-8-15(18)9-7-14;12-10-5-3-9(4-6-10)11(13)7-1-2-8-11;1-9(2,3)14-7(11)13-8(12)15-10(4,5)6;;/h5-12,15-16,18H,2-4,13-14H2,1H3,(H,34,35);6-9H,4-5,10-13H2,1-3H3;3-6H,1-2,7-8,13H2;1-6H3;2*1H/b22-15+;;;;;. The fourth-order valence-electron chi connectivity index (χ4n) is 10.3. The number of benzene rings is 4. The highest BCUT2D eigenvalue weighted by molar-refractivity contribution is 14.0. The molecule has 4 aromatic carbocycles. The third kappa shape index (κ3) is 24.6. The van der Waals surface area contributed by atoms with Crippen molar-refractivity contribution in [3.63, 3.8) is 0 Å². The molecule has 3 N–H and O–H groups in total. The van der Waals surface area contributed by atoms with Crippen molar-refractivity contribution in [1.29, 1.82) is 5.26 Å². The molecule has 3 aliphatic carbocycles. The van der Waals surface area contributed by atoms with Gasteiger partial charge in [-0.2, -0.15) is 5.26 Å². The average molecular weight is 1570 g/mol. The molecule has 19 heteroatoms. The molecular formula is C67H84Br4ClIN4O9. The maximum atomic E-state index is 13.2. The molecular weight excluding hydrogens is 1490 g/mol. The Morgan fingerprint density at radius 3 is 1.55 bits per heavy atom. The van der Waals surface area contributed by atoms with Crippen molar-refractivity contribution in [1.82, 2.24) is 10.3 Å². The van der Waals surface area contributed by atoms with Gasteiger partial charge in [-0.3, -0.25) is 9.78 Å². The van der Waals surface area contributed by atoms with Gasteiger partial charge in [0, 0.05) is 36.2 Å². The number of halogens is 6. The van der Waals surface area contributed by atoms with Gasteiger partial charge in [-0.1, -0.05) is 131 Å². The molecule has 0 aliphatic heterocycles. The minimum absolute atomic E-state index is 0. The molecule has 0 radical (unpaired) electrons. The summed E-state index contributed by atoms with van der Waals surface area (Å²) in [4.78, 5) is 51.5. The number of rotatable bonds is 12. The summed E-state index contributed by atoms with van der Waals surface area (Å²) in [7, 11) is 0. The summed E-state index contributed by atoms with van der Waals surface area (Å²) in [6.07, 6.45) is 15.8. The molecule has 13 nitrogen and oxygen atoms in total. The van der Waals surface area contributed by atoms with Crippen LogP contribution in [0.3, 0.4) is 0 Å². The van der Waals surface area contributed by atoms with E-state index in [9.17, 15) is 24.4 Å². The smallest absolute Gasteiger partial charge is 0.462 e. The highest BCUT2D eigenvalue weighted by Crippen LogP contribution is 2.45. The number of hydrogen-bond donors (Lipinski definition) is 2. The van der Waals surface area contributed by atoms with Gasteiger partial charge in [-0.05, 0) is 228 Å². The highest BCUT2D eigenvalue weighted by Gasteiger charge is 2.39. The van der Waals surface area contributed by atoms with E-state index in [1.165, 1.54) is 55.7 Å². The number of nitriles is 1. The predicted molar refractivity (Wildman–Crippen MR) is 369 cm³/mol. The number of carbonyl (C=O) groups is 4. The Kier molecular flexibility index (Phi) is 30.7. The molecule has 5 aromatic rings. The molecule has 86 heavy (non-hydrogen) atoms. The van der Waals surface area contributed by atoms with Crippen molar-refractivity contribution in [3.8, 4) is 17.2 Å². The van der Waals surface area contributed by atoms with E-state index in [2.05, 4.69) is 148 Å². The number of esters is 1. The van der Waals surface area contributed by atoms with Crippen LogP contribution in [0.4, 0.5) is 9.59 Å². The Hall–Kier alpha value is -4.20. The molecule has 1 aromatic heterocycles. The van der Waals surface area contributed by atoms with Crippen molar-refractivity contribution in [2.24, 2.45) is 5.73 Å². The molecule has 0 bridgehead atoms. The minimum Gasteiger partial charge on any atom is -0.462 e. The Balaban J connectivity index is 0.000000331. The molecule has 8 rings (SSSR count). The van der Waals surface area contributed by atoms with E-state index in [4.69, 9.17) is 24.7 Å². The highest BCUT2D eigenvalue weighted by atomic mass is 127. The summed E-state index contributed by atoms with van der Waals surface area (Å²) in [5, 5.41) is 12.9. The number of hydrogen-bond acceptors (Lipinski definition) is 12. The molecule has 0 unspecified atom stereocenters. The lowest BCUT2D eigenvalue weighted by atomic mass is 9.76. The van der Waals surface area contributed by atoms with Gasteiger partial charge in [0.1, 0.15) is 22.8 Å². The first-order valence-corrected chi connectivity index (χ1v) is 31.9. The number of ether oxygens (including phenoxy) is 5. The van der Waals surface area contributed by atoms with E-state index in [1.807, 2.05) is 48.5 Å². The van der Waals surface area contributed by atoms with E-state index in [0.717, 1.165) is 81.7 Å². The second-order valence-corrected chi connectivity index (χ2v) is 28.0. The summed E-state index contributed by atoms with van der Waals surface area (Å²) < 4.78 is 28.6. The zero-order valence-electron chi connectivity index (χ0n) is 51.1. The molecule has 1 amide bonds. The lowest BCUT2D eigenvalue weighted by Gasteiger charge is -2.31. The largest absolute Gasteiger partial charge is 0.519 e. The molecule has 0 atom stereocenters. The third-order valence-electron chi connectivity index (χ3n) is 14.5. The Bertz CT molecular complexity index is 3020. The van der Waals surface area contributed by atoms with Crippen LogP contribution in [0.15, 0.2) is 133 Å². The number of nitrogens with two attached hydrogens (primary N) is 1. The topological polar surface area (TPSA) is 189 Å². The maximum Gasteiger partial charge on any atom is 0.519 e. The van der Waals surface area contributed by atoms with Crippen LogP contribution in [0.5, 0.6) is 0 Å². The summed E-state index contributed by atoms with van der Waals surface area (Å²) >= 11 is 13.7. The Morgan fingerprint density at radius 1 is 0.640 bits per heavy atom. The van der Waals surface area contributed by atoms with E-state index < -0.39 is 35.0 Å². The van der Waals surface area contributed by atoms with Crippen LogP contribution in [-0.2, 0) is 45.0 Å². The fraction of sp³-hybridized carbons (Fsp3) is 0.463. The second kappa shape index (κ2) is 34.7. The lowest BCUT2D eigenvalue weighted by Crippen LogP contribution is -2.44. The van der Waals surface area contributed by atoms with Gasteiger partial charge >= 0.3 is 18.3 Å². The number of nitrogens with zero attached hydrogens (tertiary/aromatic N) is 2. The predicted octanol–water partition coefficient (Wildman–Crippen LogP) is 19.5. The quantitative estimate of drug-likeness (QED) is 0.0301. The van der Waals surface area contributed by atoms with Crippen LogP contribution in [0.1, 0.15) is 185 Å². The maximum absolute atomic E-state index is 13.2. The van der Waals surface area contributed by atoms with Crippen LogP contribution in [0, 0.1) is 11.3 Å². The van der Waals surface area contributed by atoms with Gasteiger partial charge < -0.3 is 34.7 Å². The van der Waals surface area contributed by atoms with Crippen LogP contribution in [0.2, 0.25) is 0 Å². The van der Waals surface area contributed by atoms with Crippen molar-refractivity contribution in [2.75, 3.05) is 13.2 Å². The first-order chi connectivity index (χ1) is 39.5. The third-order valence-corrected chi connectivity index (χ3v) is 16.6. The summed E-state index contributed by atoms with van der Waals surface area (Å²) in [6, 6.07) is 36.6. The lowest BCUT2D eigenvalue weighted by molar-refractivity contribution is -0.119. The van der Waals surface area contributed by atoms with E-state index in [-0.39, 0.29) is 59.1 Å². The van der Waals surface area contributed by atoms with Gasteiger partial charge in [0.05, 0.1) is 29.0 Å². The van der Waals surface area contributed by atoms with Crippen LogP contribution < -0.4 is 11.1 Å². The SMILES string of the molecule is CC(C)(C)OC(=O)OC(=O)OC(C)(C)C.CC(C)(C)OCCC1(c2ccc(Br)cc2)CCCC1.CCOC(=O)c1ccc(-c2ccc(C3(NC(=O)/C(C#N)=C/c4ncc(Br)cc4Br)CCCC3)cc2)cc1.Cl.I.NC1(c2ccc(Br)cc2)CCCC1.